The zero-order valence-electron chi connectivity index (χ0n) is 11.2. The molecule has 0 amide bonds. The first-order chi connectivity index (χ1) is 7.93. The fourth-order valence-electron chi connectivity index (χ4n) is 1.80. The summed E-state index contributed by atoms with van der Waals surface area (Å²) >= 11 is 0. The van der Waals surface area contributed by atoms with Crippen molar-refractivity contribution < 1.29 is 10.2 Å². The lowest BCUT2D eigenvalue weighted by Crippen LogP contribution is -2.48. The van der Waals surface area contributed by atoms with E-state index in [4.69, 9.17) is 0 Å². The predicted octanol–water partition coefficient (Wildman–Crippen LogP) is 1.03. The molecule has 3 atom stereocenters. The lowest BCUT2D eigenvalue weighted by atomic mass is 10.2. The first kappa shape index (κ1) is 16.3. The quantitative estimate of drug-likeness (QED) is 0.468. The molecule has 0 rings (SSSR count). The van der Waals surface area contributed by atoms with E-state index >= 15 is 0 Å². The third-order valence-corrected chi connectivity index (χ3v) is 2.79. The van der Waals surface area contributed by atoms with Gasteiger partial charge in [0.25, 0.3) is 0 Å². The molecule has 0 spiro atoms. The number of aliphatic hydroxyl groups is 2. The SMILES string of the molecule is C=CCN(CC=C)C(C)CN(C(C)O)C(C)O. The Kier molecular flexibility index (Phi) is 8.08. The van der Waals surface area contributed by atoms with Gasteiger partial charge in [0, 0.05) is 25.7 Å². The van der Waals surface area contributed by atoms with E-state index < -0.39 is 12.5 Å². The summed E-state index contributed by atoms with van der Waals surface area (Å²) in [5.74, 6) is 0. The van der Waals surface area contributed by atoms with Crippen LogP contribution in [-0.4, -0.2) is 58.1 Å². The number of hydrogen-bond acceptors (Lipinski definition) is 4. The van der Waals surface area contributed by atoms with Crippen LogP contribution >= 0.6 is 0 Å². The molecule has 0 aliphatic rings. The average Bonchev–Trinajstić information content (AvgIpc) is 2.24. The molecule has 0 aliphatic heterocycles. The smallest absolute Gasteiger partial charge is 0.106 e. The van der Waals surface area contributed by atoms with Gasteiger partial charge in [0.2, 0.25) is 0 Å². The van der Waals surface area contributed by atoms with Crippen LogP contribution in [-0.2, 0) is 0 Å². The summed E-state index contributed by atoms with van der Waals surface area (Å²) in [7, 11) is 0. The lowest BCUT2D eigenvalue weighted by molar-refractivity contribution is -0.0927. The Balaban J connectivity index is 4.48. The van der Waals surface area contributed by atoms with Crippen LogP contribution in [0, 0.1) is 0 Å². The van der Waals surface area contributed by atoms with Crippen molar-refractivity contribution in [3.8, 4) is 0 Å². The lowest BCUT2D eigenvalue weighted by Gasteiger charge is -2.35. The van der Waals surface area contributed by atoms with Gasteiger partial charge in [0.05, 0.1) is 0 Å². The van der Waals surface area contributed by atoms with Gasteiger partial charge < -0.3 is 10.2 Å². The summed E-state index contributed by atoms with van der Waals surface area (Å²) in [4.78, 5) is 3.82. The van der Waals surface area contributed by atoms with Gasteiger partial charge in [-0.1, -0.05) is 12.2 Å². The molecular formula is C13H26N2O2. The molecule has 0 saturated carbocycles. The predicted molar refractivity (Wildman–Crippen MR) is 71.5 cm³/mol. The Hall–Kier alpha value is -0.680. The molecule has 0 saturated heterocycles. The molecule has 0 aromatic carbocycles. The van der Waals surface area contributed by atoms with Gasteiger partial charge >= 0.3 is 0 Å². The minimum Gasteiger partial charge on any atom is -0.379 e. The number of nitrogens with zero attached hydrogens (tertiary/aromatic N) is 2. The van der Waals surface area contributed by atoms with Crippen LogP contribution in [0.4, 0.5) is 0 Å². The van der Waals surface area contributed by atoms with Gasteiger partial charge in [-0.3, -0.25) is 9.80 Å². The normalized spacial score (nSPS) is 16.9. The van der Waals surface area contributed by atoms with E-state index in [9.17, 15) is 10.2 Å². The summed E-state index contributed by atoms with van der Waals surface area (Å²) in [5.41, 5.74) is 0. The highest BCUT2D eigenvalue weighted by Gasteiger charge is 2.21. The van der Waals surface area contributed by atoms with E-state index in [0.29, 0.717) is 6.54 Å². The molecule has 0 radical (unpaired) electrons. The molecule has 100 valence electrons. The second-order valence-electron chi connectivity index (χ2n) is 4.34. The maximum atomic E-state index is 9.58. The molecule has 0 aromatic heterocycles. The fourth-order valence-corrected chi connectivity index (χ4v) is 1.80. The van der Waals surface area contributed by atoms with E-state index in [2.05, 4.69) is 25.0 Å². The standard InChI is InChI=1S/C13H26N2O2/c1-6-8-14(9-7-2)11(3)10-15(12(4)16)13(5)17/h6-7,11-13,16-17H,1-2,8-10H2,3-5H3. The highest BCUT2D eigenvalue weighted by Crippen LogP contribution is 2.07. The van der Waals surface area contributed by atoms with Crippen molar-refractivity contribution in [3.05, 3.63) is 25.3 Å². The van der Waals surface area contributed by atoms with Crippen molar-refractivity contribution in [1.82, 2.24) is 9.80 Å². The highest BCUT2D eigenvalue weighted by atomic mass is 16.3. The van der Waals surface area contributed by atoms with E-state index in [-0.39, 0.29) is 6.04 Å². The zero-order chi connectivity index (χ0) is 13.4. The first-order valence-electron chi connectivity index (χ1n) is 6.01. The van der Waals surface area contributed by atoms with Crippen LogP contribution in [0.3, 0.4) is 0 Å². The van der Waals surface area contributed by atoms with Crippen molar-refractivity contribution in [1.29, 1.82) is 0 Å². The zero-order valence-corrected chi connectivity index (χ0v) is 11.2. The molecule has 17 heavy (non-hydrogen) atoms. The number of hydrogen-bond donors (Lipinski definition) is 2. The van der Waals surface area contributed by atoms with Crippen LogP contribution in [0.1, 0.15) is 20.8 Å². The first-order valence-corrected chi connectivity index (χ1v) is 6.01. The van der Waals surface area contributed by atoms with Crippen molar-refractivity contribution in [2.24, 2.45) is 0 Å². The van der Waals surface area contributed by atoms with Crippen LogP contribution in [0.5, 0.6) is 0 Å². The maximum absolute atomic E-state index is 9.58. The largest absolute Gasteiger partial charge is 0.379 e. The van der Waals surface area contributed by atoms with Crippen molar-refractivity contribution in [2.75, 3.05) is 19.6 Å². The number of rotatable bonds is 9. The summed E-state index contributed by atoms with van der Waals surface area (Å²) in [6, 6.07) is 0.204. The van der Waals surface area contributed by atoms with E-state index in [1.54, 1.807) is 18.7 Å². The molecule has 0 heterocycles. The molecule has 0 aliphatic carbocycles. The molecule has 0 fully saturated rings. The summed E-state index contributed by atoms with van der Waals surface area (Å²) < 4.78 is 0. The fraction of sp³-hybridized carbons (Fsp3) is 0.692. The van der Waals surface area contributed by atoms with Crippen LogP contribution in [0.25, 0.3) is 0 Å². The van der Waals surface area contributed by atoms with Gasteiger partial charge in [-0.05, 0) is 20.8 Å². The minimum absolute atomic E-state index is 0.204. The topological polar surface area (TPSA) is 46.9 Å². The average molecular weight is 242 g/mol. The van der Waals surface area contributed by atoms with Crippen LogP contribution in [0.15, 0.2) is 25.3 Å². The summed E-state index contributed by atoms with van der Waals surface area (Å²) in [6.45, 7) is 15.0. The number of aliphatic hydroxyl groups excluding tert-OH is 2. The van der Waals surface area contributed by atoms with Crippen molar-refractivity contribution >= 4 is 0 Å². The van der Waals surface area contributed by atoms with Gasteiger partial charge in [0.15, 0.2) is 0 Å². The molecule has 0 aromatic rings. The van der Waals surface area contributed by atoms with Crippen molar-refractivity contribution in [3.63, 3.8) is 0 Å². The summed E-state index contributed by atoms with van der Waals surface area (Å²) in [5, 5.41) is 19.2. The Labute approximate surface area is 105 Å². The van der Waals surface area contributed by atoms with Gasteiger partial charge in [-0.2, -0.15) is 0 Å². The monoisotopic (exact) mass is 242 g/mol. The van der Waals surface area contributed by atoms with Crippen LogP contribution < -0.4 is 0 Å². The van der Waals surface area contributed by atoms with E-state index in [1.807, 2.05) is 12.2 Å². The van der Waals surface area contributed by atoms with Gasteiger partial charge in [-0.25, -0.2) is 0 Å². The third-order valence-electron chi connectivity index (χ3n) is 2.79. The summed E-state index contributed by atoms with van der Waals surface area (Å²) in [6.07, 6.45) is 2.36. The Morgan fingerprint density at radius 3 is 1.71 bits per heavy atom. The Morgan fingerprint density at radius 1 is 1.00 bits per heavy atom. The Morgan fingerprint density at radius 2 is 1.41 bits per heavy atom. The minimum atomic E-state index is -0.660. The van der Waals surface area contributed by atoms with E-state index in [1.165, 1.54) is 0 Å². The molecule has 0 bridgehead atoms. The molecule has 3 unspecified atom stereocenters. The molecule has 2 N–H and O–H groups in total. The molecular weight excluding hydrogens is 216 g/mol. The van der Waals surface area contributed by atoms with E-state index in [0.717, 1.165) is 13.1 Å². The van der Waals surface area contributed by atoms with Gasteiger partial charge in [0.1, 0.15) is 12.5 Å². The second-order valence-corrected chi connectivity index (χ2v) is 4.34. The highest BCUT2D eigenvalue weighted by molar-refractivity contribution is 4.84. The Bertz CT molecular complexity index is 211. The third kappa shape index (κ3) is 5.98. The van der Waals surface area contributed by atoms with Gasteiger partial charge in [-0.15, -0.1) is 13.2 Å². The van der Waals surface area contributed by atoms with Crippen LogP contribution in [0.2, 0.25) is 0 Å². The molecule has 4 heteroatoms. The second kappa shape index (κ2) is 8.42. The molecule has 4 nitrogen and oxygen atoms in total. The van der Waals surface area contributed by atoms with Crippen molar-refractivity contribution in [2.45, 2.75) is 39.3 Å². The maximum Gasteiger partial charge on any atom is 0.106 e.